The average Bonchev–Trinajstić information content (AvgIpc) is 2.72. The highest BCUT2D eigenvalue weighted by molar-refractivity contribution is 5.85. The zero-order chi connectivity index (χ0) is 10.8. The van der Waals surface area contributed by atoms with Gasteiger partial charge in [0.15, 0.2) is 0 Å². The first-order valence-corrected chi connectivity index (χ1v) is 5.74. The van der Waals surface area contributed by atoms with E-state index >= 15 is 0 Å². The first-order chi connectivity index (χ1) is 7.92. The number of rotatable bonds is 2. The summed E-state index contributed by atoms with van der Waals surface area (Å²) in [6.45, 7) is 2.01. The molecule has 2 heterocycles. The number of nitrogens with zero attached hydrogens (tertiary/aromatic N) is 1. The summed E-state index contributed by atoms with van der Waals surface area (Å²) in [6.07, 6.45) is 2.52. The molecule has 0 bridgehead atoms. The highest BCUT2D eigenvalue weighted by Gasteiger charge is 2.15. The largest absolute Gasteiger partial charge is 0.460 e. The Morgan fingerprint density at radius 3 is 2.94 bits per heavy atom. The van der Waals surface area contributed by atoms with E-state index in [9.17, 15) is 0 Å². The van der Waals surface area contributed by atoms with Crippen LogP contribution in [0.3, 0.4) is 0 Å². The number of H-pyrrole nitrogens is 1. The molecule has 1 aromatic carbocycles. The van der Waals surface area contributed by atoms with Gasteiger partial charge in [-0.1, -0.05) is 12.1 Å². The van der Waals surface area contributed by atoms with E-state index in [-0.39, 0.29) is 18.5 Å². The van der Waals surface area contributed by atoms with Gasteiger partial charge in [-0.3, -0.25) is 0 Å². The Hall–Kier alpha value is -1.26. The predicted molar refractivity (Wildman–Crippen MR) is 69.9 cm³/mol. The maximum absolute atomic E-state index is 5.81. The van der Waals surface area contributed by atoms with Gasteiger partial charge in [0.1, 0.15) is 6.10 Å². The van der Waals surface area contributed by atoms with Gasteiger partial charge in [-0.15, -0.1) is 12.4 Å². The highest BCUT2D eigenvalue weighted by atomic mass is 35.5. The molecule has 1 atom stereocenters. The monoisotopic (exact) mass is 253 g/mol. The number of aromatic nitrogens is 2. The van der Waals surface area contributed by atoms with Gasteiger partial charge in [-0.05, 0) is 31.5 Å². The summed E-state index contributed by atoms with van der Waals surface area (Å²) in [4.78, 5) is 7.58. The van der Waals surface area contributed by atoms with Crippen LogP contribution in [0.2, 0.25) is 0 Å². The molecule has 2 N–H and O–H groups in total. The van der Waals surface area contributed by atoms with Gasteiger partial charge in [0.25, 0.3) is 6.01 Å². The second-order valence-electron chi connectivity index (χ2n) is 4.15. The zero-order valence-electron chi connectivity index (χ0n) is 9.48. The third-order valence-corrected chi connectivity index (χ3v) is 2.90. The number of hydrogen-bond acceptors (Lipinski definition) is 3. The lowest BCUT2D eigenvalue weighted by atomic mass is 10.1. The smallest absolute Gasteiger partial charge is 0.294 e. The fourth-order valence-electron chi connectivity index (χ4n) is 2.06. The molecule has 1 saturated heterocycles. The van der Waals surface area contributed by atoms with Crippen LogP contribution in [0.4, 0.5) is 0 Å². The molecule has 2 aromatic rings. The number of aromatic amines is 1. The van der Waals surface area contributed by atoms with Gasteiger partial charge in [0.05, 0.1) is 11.0 Å². The molecule has 0 saturated carbocycles. The van der Waals surface area contributed by atoms with Crippen molar-refractivity contribution in [2.75, 3.05) is 13.1 Å². The van der Waals surface area contributed by atoms with Crippen molar-refractivity contribution in [3.05, 3.63) is 24.3 Å². The first-order valence-electron chi connectivity index (χ1n) is 5.74. The van der Waals surface area contributed by atoms with Crippen LogP contribution in [0.1, 0.15) is 12.8 Å². The number of nitrogens with one attached hydrogen (secondary N) is 2. The predicted octanol–water partition coefficient (Wildman–Crippen LogP) is 2.12. The fourth-order valence-corrected chi connectivity index (χ4v) is 2.06. The van der Waals surface area contributed by atoms with Crippen LogP contribution >= 0.6 is 12.4 Å². The number of halogens is 1. The Morgan fingerprint density at radius 2 is 2.18 bits per heavy atom. The Labute approximate surface area is 106 Å². The number of para-hydroxylation sites is 2. The number of imidazole rings is 1. The normalized spacial score (nSPS) is 19.9. The van der Waals surface area contributed by atoms with Crippen molar-refractivity contribution >= 4 is 23.4 Å². The van der Waals surface area contributed by atoms with E-state index in [0.717, 1.165) is 30.5 Å². The minimum Gasteiger partial charge on any atom is -0.460 e. The van der Waals surface area contributed by atoms with Crippen molar-refractivity contribution in [2.24, 2.45) is 0 Å². The van der Waals surface area contributed by atoms with Crippen molar-refractivity contribution < 1.29 is 4.74 Å². The van der Waals surface area contributed by atoms with E-state index in [4.69, 9.17) is 4.74 Å². The van der Waals surface area contributed by atoms with Crippen LogP contribution < -0.4 is 10.1 Å². The second kappa shape index (κ2) is 5.38. The van der Waals surface area contributed by atoms with Gasteiger partial charge in [0, 0.05) is 6.54 Å². The molecule has 0 aliphatic carbocycles. The quantitative estimate of drug-likeness (QED) is 0.862. The standard InChI is InChI=1S/C12H15N3O.ClH/c1-2-6-11-10(5-1)14-12(15-11)16-9-4-3-7-13-8-9;/h1-2,5-6,9,13H,3-4,7-8H2,(H,14,15);1H/t9-;/m1./s1. The van der Waals surface area contributed by atoms with Gasteiger partial charge < -0.3 is 15.0 Å². The molecule has 3 rings (SSSR count). The molecule has 1 aromatic heterocycles. The summed E-state index contributed by atoms with van der Waals surface area (Å²) in [5, 5.41) is 3.32. The average molecular weight is 254 g/mol. The topological polar surface area (TPSA) is 49.9 Å². The van der Waals surface area contributed by atoms with Gasteiger partial charge in [-0.2, -0.15) is 4.98 Å². The van der Waals surface area contributed by atoms with E-state index in [1.165, 1.54) is 6.42 Å². The Balaban J connectivity index is 0.00000108. The lowest BCUT2D eigenvalue weighted by Crippen LogP contribution is -2.37. The number of hydrogen-bond donors (Lipinski definition) is 2. The molecule has 5 heteroatoms. The highest BCUT2D eigenvalue weighted by Crippen LogP contribution is 2.17. The maximum Gasteiger partial charge on any atom is 0.294 e. The minimum atomic E-state index is 0. The van der Waals surface area contributed by atoms with Gasteiger partial charge in [0.2, 0.25) is 0 Å². The fraction of sp³-hybridized carbons (Fsp3) is 0.417. The summed E-state index contributed by atoms with van der Waals surface area (Å²) < 4.78 is 5.81. The van der Waals surface area contributed by atoms with E-state index < -0.39 is 0 Å². The Kier molecular flexibility index (Phi) is 3.86. The molecule has 92 valence electrons. The van der Waals surface area contributed by atoms with Crippen LogP contribution in [-0.2, 0) is 0 Å². The molecule has 1 fully saturated rings. The Bertz CT molecular complexity index is 446. The molecular weight excluding hydrogens is 238 g/mol. The Morgan fingerprint density at radius 1 is 1.29 bits per heavy atom. The zero-order valence-corrected chi connectivity index (χ0v) is 10.3. The van der Waals surface area contributed by atoms with E-state index in [0.29, 0.717) is 6.01 Å². The van der Waals surface area contributed by atoms with Crippen LogP contribution in [0.15, 0.2) is 24.3 Å². The third-order valence-electron chi connectivity index (χ3n) is 2.90. The summed E-state index contributed by atoms with van der Waals surface area (Å²) in [5.41, 5.74) is 1.99. The number of fused-ring (bicyclic) bond motifs is 1. The molecule has 4 nitrogen and oxygen atoms in total. The molecule has 0 unspecified atom stereocenters. The minimum absolute atomic E-state index is 0. The van der Waals surface area contributed by atoms with Crippen LogP contribution in [-0.4, -0.2) is 29.2 Å². The van der Waals surface area contributed by atoms with Crippen molar-refractivity contribution in [3.8, 4) is 6.01 Å². The maximum atomic E-state index is 5.81. The number of piperidine rings is 1. The second-order valence-corrected chi connectivity index (χ2v) is 4.15. The van der Waals surface area contributed by atoms with Gasteiger partial charge >= 0.3 is 0 Å². The summed E-state index contributed by atoms with van der Waals surface area (Å²) in [6, 6.07) is 8.60. The molecule has 0 spiro atoms. The number of ether oxygens (including phenoxy) is 1. The molecule has 0 amide bonds. The molecule has 0 radical (unpaired) electrons. The van der Waals surface area contributed by atoms with Crippen molar-refractivity contribution in [1.29, 1.82) is 0 Å². The van der Waals surface area contributed by atoms with E-state index in [1.54, 1.807) is 0 Å². The van der Waals surface area contributed by atoms with Crippen molar-refractivity contribution in [1.82, 2.24) is 15.3 Å². The van der Waals surface area contributed by atoms with Crippen molar-refractivity contribution in [2.45, 2.75) is 18.9 Å². The van der Waals surface area contributed by atoms with Crippen molar-refractivity contribution in [3.63, 3.8) is 0 Å². The molecular formula is C12H16ClN3O. The summed E-state index contributed by atoms with van der Waals surface area (Å²) in [7, 11) is 0. The van der Waals surface area contributed by atoms with Crippen LogP contribution in [0, 0.1) is 0 Å². The van der Waals surface area contributed by atoms with Gasteiger partial charge in [-0.25, -0.2) is 0 Å². The van der Waals surface area contributed by atoms with Crippen LogP contribution in [0.5, 0.6) is 6.01 Å². The van der Waals surface area contributed by atoms with E-state index in [2.05, 4.69) is 15.3 Å². The number of benzene rings is 1. The lowest BCUT2D eigenvalue weighted by Gasteiger charge is -2.22. The molecule has 1 aliphatic rings. The van der Waals surface area contributed by atoms with Crippen LogP contribution in [0.25, 0.3) is 11.0 Å². The SMILES string of the molecule is Cl.c1ccc2[nH]c(O[C@@H]3CCCNC3)nc2c1. The molecule has 17 heavy (non-hydrogen) atoms. The third kappa shape index (κ3) is 2.70. The summed E-state index contributed by atoms with van der Waals surface area (Å²) >= 11 is 0. The first kappa shape index (κ1) is 12.2. The molecule has 1 aliphatic heterocycles. The summed E-state index contributed by atoms with van der Waals surface area (Å²) in [5.74, 6) is 0. The van der Waals surface area contributed by atoms with E-state index in [1.807, 2.05) is 24.3 Å². The lowest BCUT2D eigenvalue weighted by molar-refractivity contribution is 0.155.